The molecule has 0 saturated carbocycles. The number of benzene rings is 4. The summed E-state index contributed by atoms with van der Waals surface area (Å²) in [6.07, 6.45) is 0. The van der Waals surface area contributed by atoms with Crippen LogP contribution in [0.1, 0.15) is 22.8 Å². The van der Waals surface area contributed by atoms with Crippen LogP contribution in [0.25, 0.3) is 10.8 Å². The Balaban J connectivity index is 0.00000420. The maximum absolute atomic E-state index is 13.5. The summed E-state index contributed by atoms with van der Waals surface area (Å²) in [6, 6.07) is 15.2. The number of nitrogens with one attached hydrogen (secondary N) is 1. The molecule has 0 atom stereocenters. The van der Waals surface area contributed by atoms with Crippen LogP contribution < -0.4 is 44.7 Å². The fourth-order valence-corrected chi connectivity index (χ4v) is 4.67. The van der Waals surface area contributed by atoms with Crippen molar-refractivity contribution >= 4 is 67.1 Å². The fourth-order valence-electron chi connectivity index (χ4n) is 3.71. The van der Waals surface area contributed by atoms with Gasteiger partial charge in [-0.3, -0.25) is 9.35 Å². The average molecular weight is 596 g/mol. The number of nitrogens with zero attached hydrogens (tertiary/aromatic N) is 2. The summed E-state index contributed by atoms with van der Waals surface area (Å²) >= 11 is 12.5. The summed E-state index contributed by atoms with van der Waals surface area (Å²) < 4.78 is 38.2. The first-order valence-corrected chi connectivity index (χ1v) is 13.4. The van der Waals surface area contributed by atoms with Gasteiger partial charge in [0.25, 0.3) is 16.0 Å². The van der Waals surface area contributed by atoms with Crippen LogP contribution >= 0.6 is 23.2 Å². The van der Waals surface area contributed by atoms with E-state index in [1.807, 2.05) is 0 Å². The summed E-state index contributed by atoms with van der Waals surface area (Å²) in [7, 11) is -4.54. The Labute approximate surface area is 256 Å². The molecular weight excluding hydrogens is 576 g/mol. The summed E-state index contributed by atoms with van der Waals surface area (Å²) in [5, 5.41) is 25.5. The van der Waals surface area contributed by atoms with Gasteiger partial charge >= 0.3 is 29.6 Å². The molecule has 9 nitrogen and oxygen atoms in total. The number of amides is 1. The Morgan fingerprint density at radius 3 is 2.49 bits per heavy atom. The third-order valence-electron chi connectivity index (χ3n) is 5.49. The number of halogens is 2. The van der Waals surface area contributed by atoms with Crippen LogP contribution in [-0.4, -0.2) is 25.5 Å². The number of hydrogen-bond donors (Lipinski definition) is 2. The van der Waals surface area contributed by atoms with E-state index >= 15 is 0 Å². The number of anilines is 1. The normalized spacial score (nSPS) is 11.4. The van der Waals surface area contributed by atoms with Crippen LogP contribution in [0.2, 0.25) is 10.0 Å². The van der Waals surface area contributed by atoms with Crippen molar-refractivity contribution in [3.05, 3.63) is 81.8 Å². The number of azo groups is 1. The van der Waals surface area contributed by atoms with E-state index in [1.165, 1.54) is 19.1 Å². The minimum atomic E-state index is -4.54. The van der Waals surface area contributed by atoms with Gasteiger partial charge in [-0.1, -0.05) is 59.3 Å². The van der Waals surface area contributed by atoms with E-state index in [1.54, 1.807) is 49.4 Å². The second-order valence-electron chi connectivity index (χ2n) is 8.07. The molecule has 13 heteroatoms. The zero-order chi connectivity index (χ0) is 27.6. The minimum absolute atomic E-state index is 0. The Kier molecular flexibility index (Phi) is 10.0. The number of carbonyl (C=O) groups excluding carboxylic acids is 1. The van der Waals surface area contributed by atoms with Gasteiger partial charge in [0.2, 0.25) is 0 Å². The smallest absolute Gasteiger partial charge is 0.870 e. The van der Waals surface area contributed by atoms with Crippen molar-refractivity contribution < 1.29 is 57.2 Å². The molecule has 0 aliphatic carbocycles. The molecule has 2 N–H and O–H groups in total. The monoisotopic (exact) mass is 595 g/mol. The Hall–Kier alpha value is -2.70. The first-order valence-electron chi connectivity index (χ1n) is 11.2. The maximum Gasteiger partial charge on any atom is 1.00 e. The van der Waals surface area contributed by atoms with Gasteiger partial charge in [0, 0.05) is 10.9 Å². The molecule has 0 heterocycles. The van der Waals surface area contributed by atoms with E-state index in [9.17, 15) is 22.9 Å². The molecule has 0 unspecified atom stereocenters. The molecule has 1 amide bonds. The van der Waals surface area contributed by atoms with Crippen molar-refractivity contribution in [2.24, 2.45) is 10.2 Å². The fraction of sp³-hybridized carbons (Fsp3) is 0.115. The molecule has 0 saturated heterocycles. The second-order valence-corrected chi connectivity index (χ2v) is 10.3. The second kappa shape index (κ2) is 12.6. The first-order chi connectivity index (χ1) is 18.0. The summed E-state index contributed by atoms with van der Waals surface area (Å²) in [6.45, 7) is 3.60. The molecular formula is C26H20Cl2N3NaO6S. The predicted molar refractivity (Wildman–Crippen MR) is 144 cm³/mol. The van der Waals surface area contributed by atoms with E-state index < -0.39 is 26.7 Å². The molecule has 0 spiro atoms. The number of aryl methyl sites for hydroxylation is 1. The summed E-state index contributed by atoms with van der Waals surface area (Å²) in [4.78, 5) is 12.8. The van der Waals surface area contributed by atoms with E-state index in [0.29, 0.717) is 28.0 Å². The van der Waals surface area contributed by atoms with Crippen molar-refractivity contribution in [3.63, 3.8) is 0 Å². The minimum Gasteiger partial charge on any atom is -0.870 e. The van der Waals surface area contributed by atoms with Gasteiger partial charge in [-0.15, -0.1) is 5.11 Å². The van der Waals surface area contributed by atoms with Gasteiger partial charge in [0.15, 0.2) is 5.75 Å². The van der Waals surface area contributed by atoms with E-state index in [0.717, 1.165) is 6.07 Å². The van der Waals surface area contributed by atoms with Crippen molar-refractivity contribution in [1.29, 1.82) is 0 Å². The van der Waals surface area contributed by atoms with Gasteiger partial charge < -0.3 is 15.2 Å². The largest absolute Gasteiger partial charge is 1.00 e. The topological polar surface area (TPSA) is 140 Å². The van der Waals surface area contributed by atoms with Gasteiger partial charge in [-0.2, -0.15) is 13.5 Å². The Morgan fingerprint density at radius 2 is 1.79 bits per heavy atom. The summed E-state index contributed by atoms with van der Waals surface area (Å²) in [5.74, 6) is -1.17. The van der Waals surface area contributed by atoms with Crippen molar-refractivity contribution in [1.82, 2.24) is 0 Å². The van der Waals surface area contributed by atoms with Crippen LogP contribution in [0.5, 0.6) is 11.5 Å². The SMILES string of the molecule is CCOc1c(Cl)cccc1NC(=O)c1cc2ccccc2c(N=Nc2cc(S(=O)(=O)O)cc(C)c2Cl)c1[O-].[Na+]. The van der Waals surface area contributed by atoms with E-state index in [4.69, 9.17) is 27.9 Å². The van der Waals surface area contributed by atoms with Gasteiger partial charge in [-0.25, -0.2) is 0 Å². The zero-order valence-corrected chi connectivity index (χ0v) is 25.4. The van der Waals surface area contributed by atoms with Gasteiger partial charge in [-0.05, 0) is 55.1 Å². The molecule has 0 fully saturated rings. The number of carbonyl (C=O) groups is 1. The van der Waals surface area contributed by atoms with E-state index in [-0.39, 0.29) is 63.0 Å². The molecule has 0 aliphatic heterocycles. The van der Waals surface area contributed by atoms with E-state index in [2.05, 4.69) is 15.5 Å². The van der Waals surface area contributed by atoms with Crippen LogP contribution in [0, 0.1) is 6.92 Å². The molecule has 196 valence electrons. The number of fused-ring (bicyclic) bond motifs is 1. The van der Waals surface area contributed by atoms with Crippen LogP contribution in [0.3, 0.4) is 0 Å². The van der Waals surface area contributed by atoms with Crippen molar-refractivity contribution in [2.45, 2.75) is 18.7 Å². The number of hydrogen-bond acceptors (Lipinski definition) is 7. The van der Waals surface area contributed by atoms with Crippen molar-refractivity contribution in [3.8, 4) is 11.5 Å². The zero-order valence-electron chi connectivity index (χ0n) is 21.0. The van der Waals surface area contributed by atoms with Crippen molar-refractivity contribution in [2.75, 3.05) is 11.9 Å². The third kappa shape index (κ3) is 6.72. The number of rotatable bonds is 7. The molecule has 0 radical (unpaired) electrons. The van der Waals surface area contributed by atoms with Gasteiger partial charge in [0.1, 0.15) is 5.69 Å². The number of para-hydroxylation sites is 1. The Morgan fingerprint density at radius 1 is 1.08 bits per heavy atom. The van der Waals surface area contributed by atoms with Crippen LogP contribution in [0.15, 0.2) is 75.8 Å². The van der Waals surface area contributed by atoms with Crippen LogP contribution in [0.4, 0.5) is 17.1 Å². The Bertz CT molecular complexity index is 1710. The molecule has 4 aromatic rings. The molecule has 39 heavy (non-hydrogen) atoms. The summed E-state index contributed by atoms with van der Waals surface area (Å²) in [5.41, 5.74) is 0.148. The number of ether oxygens (including phenoxy) is 1. The van der Waals surface area contributed by atoms with Crippen LogP contribution in [-0.2, 0) is 10.1 Å². The molecule has 0 aromatic heterocycles. The average Bonchev–Trinajstić information content (AvgIpc) is 2.86. The molecule has 0 aliphatic rings. The third-order valence-corrected chi connectivity index (χ3v) is 7.11. The molecule has 0 bridgehead atoms. The molecule has 4 rings (SSSR count). The standard InChI is InChI=1S/C26H21Cl2N3O6S.Na/c1-3-37-25-19(27)9-6-10-20(25)29-26(33)18-12-15-7-4-5-8-17(15)23(24(18)32)31-30-21-13-16(38(34,35)36)11-14(2)22(21)28;/h4-13,32H,3H2,1-2H3,(H,29,33)(H,34,35,36);/q;+1/p-1. The quantitative estimate of drug-likeness (QED) is 0.189. The predicted octanol–water partition coefficient (Wildman–Crippen LogP) is 3.85. The first kappa shape index (κ1) is 30.8. The maximum atomic E-state index is 13.5. The van der Waals surface area contributed by atoms with Gasteiger partial charge in [0.05, 0.1) is 32.9 Å². The molecule has 4 aromatic carbocycles.